The first kappa shape index (κ1) is 19.5. The van der Waals surface area contributed by atoms with Crippen molar-refractivity contribution in [2.45, 2.75) is 13.1 Å². The Bertz CT molecular complexity index is 1210. The van der Waals surface area contributed by atoms with Crippen molar-refractivity contribution in [2.75, 3.05) is 18.1 Å². The molecule has 0 fully saturated rings. The molecular weight excluding hydrogens is 374 g/mol. The molecule has 0 amide bonds. The topological polar surface area (TPSA) is 92.9 Å². The van der Waals surface area contributed by atoms with Gasteiger partial charge in [-0.05, 0) is 54.6 Å². The standard InChI is InChI=1S/C24H23N5O/c1-26-14-20-12-18(5-6-19(20)15-30)23-9-7-21(25)24(29-23)28-13-16-4-8-22-17(11-16)3-2-10-27-22/h2-12,15,26H,13-14,25H2,1H3,(H,28,29). The van der Waals surface area contributed by atoms with E-state index in [1.54, 1.807) is 6.20 Å². The molecule has 150 valence electrons. The van der Waals surface area contributed by atoms with E-state index in [1.807, 2.05) is 61.6 Å². The van der Waals surface area contributed by atoms with Crippen molar-refractivity contribution in [1.29, 1.82) is 0 Å². The van der Waals surface area contributed by atoms with Crippen molar-refractivity contribution in [3.05, 3.63) is 83.6 Å². The number of benzene rings is 2. The monoisotopic (exact) mass is 397 g/mol. The Morgan fingerprint density at radius 1 is 1.03 bits per heavy atom. The molecule has 2 aromatic heterocycles. The lowest BCUT2D eigenvalue weighted by atomic mass is 10.0. The van der Waals surface area contributed by atoms with E-state index in [1.165, 1.54) is 0 Å². The zero-order chi connectivity index (χ0) is 20.9. The summed E-state index contributed by atoms with van der Waals surface area (Å²) in [6.07, 6.45) is 2.67. The smallest absolute Gasteiger partial charge is 0.150 e. The summed E-state index contributed by atoms with van der Waals surface area (Å²) in [7, 11) is 1.85. The van der Waals surface area contributed by atoms with Gasteiger partial charge in [-0.25, -0.2) is 4.98 Å². The molecule has 4 aromatic rings. The summed E-state index contributed by atoms with van der Waals surface area (Å²) in [4.78, 5) is 20.3. The second-order valence-corrected chi connectivity index (χ2v) is 7.08. The molecule has 2 heterocycles. The predicted molar refractivity (Wildman–Crippen MR) is 121 cm³/mol. The fourth-order valence-corrected chi connectivity index (χ4v) is 3.42. The van der Waals surface area contributed by atoms with Crippen molar-refractivity contribution >= 4 is 28.7 Å². The van der Waals surface area contributed by atoms with Gasteiger partial charge in [0.15, 0.2) is 0 Å². The Morgan fingerprint density at radius 2 is 1.93 bits per heavy atom. The highest BCUT2D eigenvalue weighted by atomic mass is 16.1. The van der Waals surface area contributed by atoms with Crippen molar-refractivity contribution < 1.29 is 4.79 Å². The molecule has 0 radical (unpaired) electrons. The van der Waals surface area contributed by atoms with E-state index in [-0.39, 0.29) is 0 Å². The van der Waals surface area contributed by atoms with Gasteiger partial charge in [-0.3, -0.25) is 9.78 Å². The number of nitrogens with zero attached hydrogens (tertiary/aromatic N) is 2. The van der Waals surface area contributed by atoms with Gasteiger partial charge in [0, 0.05) is 35.8 Å². The van der Waals surface area contributed by atoms with Gasteiger partial charge in [0.05, 0.1) is 16.9 Å². The Hall–Kier alpha value is -3.77. The lowest BCUT2D eigenvalue weighted by molar-refractivity contribution is 0.112. The van der Waals surface area contributed by atoms with E-state index in [2.05, 4.69) is 21.7 Å². The number of aromatic nitrogens is 2. The van der Waals surface area contributed by atoms with Crippen LogP contribution in [0.3, 0.4) is 0 Å². The highest BCUT2D eigenvalue weighted by molar-refractivity contribution is 5.80. The molecule has 0 aliphatic heterocycles. The molecule has 6 nitrogen and oxygen atoms in total. The predicted octanol–water partition coefficient (Wildman–Crippen LogP) is 4.02. The van der Waals surface area contributed by atoms with Crippen LogP contribution in [0.25, 0.3) is 22.2 Å². The van der Waals surface area contributed by atoms with Crippen LogP contribution >= 0.6 is 0 Å². The number of nitrogen functional groups attached to an aromatic ring is 1. The summed E-state index contributed by atoms with van der Waals surface area (Å²) < 4.78 is 0. The van der Waals surface area contributed by atoms with Gasteiger partial charge in [0.1, 0.15) is 12.1 Å². The van der Waals surface area contributed by atoms with Crippen LogP contribution in [0.4, 0.5) is 11.5 Å². The summed E-state index contributed by atoms with van der Waals surface area (Å²) in [5, 5.41) is 7.53. The van der Waals surface area contributed by atoms with Crippen LogP contribution in [0.1, 0.15) is 21.5 Å². The number of rotatable bonds is 7. The molecule has 2 aromatic carbocycles. The van der Waals surface area contributed by atoms with Crippen LogP contribution in [0.15, 0.2) is 66.9 Å². The van der Waals surface area contributed by atoms with Crippen molar-refractivity contribution in [2.24, 2.45) is 0 Å². The summed E-state index contributed by atoms with van der Waals surface area (Å²) in [6.45, 7) is 1.21. The summed E-state index contributed by atoms with van der Waals surface area (Å²) >= 11 is 0. The largest absolute Gasteiger partial charge is 0.396 e. The SMILES string of the molecule is CNCc1cc(-c2ccc(N)c(NCc3ccc4ncccc4c3)n2)ccc1C=O. The number of carbonyl (C=O) groups excluding carboxylic acids is 1. The maximum Gasteiger partial charge on any atom is 0.150 e. The van der Waals surface area contributed by atoms with Crippen molar-refractivity contribution in [3.63, 3.8) is 0 Å². The van der Waals surface area contributed by atoms with E-state index in [4.69, 9.17) is 10.7 Å². The average Bonchev–Trinajstić information content (AvgIpc) is 2.78. The maximum atomic E-state index is 11.3. The van der Waals surface area contributed by atoms with Crippen LogP contribution < -0.4 is 16.4 Å². The second kappa shape index (κ2) is 8.71. The van der Waals surface area contributed by atoms with E-state index in [0.29, 0.717) is 30.2 Å². The van der Waals surface area contributed by atoms with E-state index in [0.717, 1.165) is 39.6 Å². The molecule has 0 atom stereocenters. The normalized spacial score (nSPS) is 10.8. The van der Waals surface area contributed by atoms with Gasteiger partial charge in [0.25, 0.3) is 0 Å². The number of fused-ring (bicyclic) bond motifs is 1. The highest BCUT2D eigenvalue weighted by Crippen LogP contribution is 2.26. The number of nitrogens with two attached hydrogens (primary N) is 1. The van der Waals surface area contributed by atoms with Gasteiger partial charge in [0.2, 0.25) is 0 Å². The molecule has 0 spiro atoms. The number of carbonyl (C=O) groups is 1. The fourth-order valence-electron chi connectivity index (χ4n) is 3.42. The van der Waals surface area contributed by atoms with E-state index in [9.17, 15) is 4.79 Å². The molecule has 6 heteroatoms. The molecule has 0 unspecified atom stereocenters. The minimum atomic E-state index is 0.584. The number of pyridine rings is 2. The molecule has 4 N–H and O–H groups in total. The van der Waals surface area contributed by atoms with Gasteiger partial charge in [-0.2, -0.15) is 0 Å². The summed E-state index contributed by atoms with van der Waals surface area (Å²) in [5.74, 6) is 0.633. The Kier molecular flexibility index (Phi) is 5.68. The lowest BCUT2D eigenvalue weighted by Gasteiger charge is -2.12. The van der Waals surface area contributed by atoms with Gasteiger partial charge < -0.3 is 16.4 Å². The van der Waals surface area contributed by atoms with Crippen LogP contribution in [0, 0.1) is 0 Å². The molecular formula is C24H23N5O. The number of nitrogens with one attached hydrogen (secondary N) is 2. The quantitative estimate of drug-likeness (QED) is 0.408. The first-order valence-corrected chi connectivity index (χ1v) is 9.75. The van der Waals surface area contributed by atoms with Crippen LogP contribution in [-0.4, -0.2) is 23.3 Å². The molecule has 0 bridgehead atoms. The van der Waals surface area contributed by atoms with Crippen molar-refractivity contribution in [1.82, 2.24) is 15.3 Å². The Labute approximate surface area is 175 Å². The fraction of sp³-hybridized carbons (Fsp3) is 0.125. The maximum absolute atomic E-state index is 11.3. The summed E-state index contributed by atoms with van der Waals surface area (Å²) in [6, 6.07) is 19.6. The first-order valence-electron chi connectivity index (χ1n) is 9.75. The second-order valence-electron chi connectivity index (χ2n) is 7.08. The molecule has 0 saturated heterocycles. The number of aldehydes is 1. The third-order valence-corrected chi connectivity index (χ3v) is 4.99. The van der Waals surface area contributed by atoms with Crippen LogP contribution in [-0.2, 0) is 13.1 Å². The van der Waals surface area contributed by atoms with E-state index >= 15 is 0 Å². The lowest BCUT2D eigenvalue weighted by Crippen LogP contribution is -2.08. The first-order chi connectivity index (χ1) is 14.7. The Morgan fingerprint density at radius 3 is 2.77 bits per heavy atom. The summed E-state index contributed by atoms with van der Waals surface area (Å²) in [5.41, 5.74) is 12.2. The van der Waals surface area contributed by atoms with Gasteiger partial charge in [-0.1, -0.05) is 24.3 Å². The highest BCUT2D eigenvalue weighted by Gasteiger charge is 2.09. The van der Waals surface area contributed by atoms with Gasteiger partial charge in [-0.15, -0.1) is 0 Å². The third kappa shape index (κ3) is 4.14. The molecule has 0 saturated carbocycles. The average molecular weight is 397 g/mol. The van der Waals surface area contributed by atoms with E-state index < -0.39 is 0 Å². The minimum absolute atomic E-state index is 0.584. The number of anilines is 2. The molecule has 0 aliphatic rings. The Balaban J connectivity index is 1.58. The van der Waals surface area contributed by atoms with Crippen LogP contribution in [0.5, 0.6) is 0 Å². The number of hydrogen-bond donors (Lipinski definition) is 3. The molecule has 4 rings (SSSR count). The zero-order valence-electron chi connectivity index (χ0n) is 16.7. The third-order valence-electron chi connectivity index (χ3n) is 4.99. The molecule has 0 aliphatic carbocycles. The minimum Gasteiger partial charge on any atom is -0.396 e. The zero-order valence-corrected chi connectivity index (χ0v) is 16.7. The van der Waals surface area contributed by atoms with Gasteiger partial charge >= 0.3 is 0 Å². The van der Waals surface area contributed by atoms with Crippen LogP contribution in [0.2, 0.25) is 0 Å². The molecule has 30 heavy (non-hydrogen) atoms. The number of hydrogen-bond acceptors (Lipinski definition) is 6. The van der Waals surface area contributed by atoms with Crippen molar-refractivity contribution in [3.8, 4) is 11.3 Å².